The third-order valence-electron chi connectivity index (χ3n) is 4.36. The van der Waals surface area contributed by atoms with Crippen LogP contribution in [0.2, 0.25) is 0 Å². The summed E-state index contributed by atoms with van der Waals surface area (Å²) < 4.78 is 38.0. The lowest BCUT2D eigenvalue weighted by Gasteiger charge is -2.30. The molecule has 1 N–H and O–H groups in total. The highest BCUT2D eigenvalue weighted by atomic mass is 32.2. The average molecular weight is 395 g/mol. The van der Waals surface area contributed by atoms with E-state index < -0.39 is 11.4 Å². The summed E-state index contributed by atoms with van der Waals surface area (Å²) in [5.41, 5.74) is -2.56. The zero-order chi connectivity index (χ0) is 19.3. The number of halogens is 3. The molecule has 1 saturated heterocycles. The van der Waals surface area contributed by atoms with E-state index in [-0.39, 0.29) is 28.9 Å². The number of nitrogens with one attached hydrogen (secondary N) is 1. The Morgan fingerprint density at radius 2 is 1.85 bits per heavy atom. The molecule has 0 unspecified atom stereocenters. The van der Waals surface area contributed by atoms with Crippen molar-refractivity contribution in [3.8, 4) is 0 Å². The molecule has 4 nitrogen and oxygen atoms in total. The van der Waals surface area contributed by atoms with Gasteiger partial charge in [0.2, 0.25) is 0 Å². The normalized spacial score (nSPS) is 14.9. The van der Waals surface area contributed by atoms with Crippen LogP contribution in [0.5, 0.6) is 0 Å². The number of alkyl halides is 3. The van der Waals surface area contributed by atoms with Crippen LogP contribution in [0.1, 0.15) is 35.2 Å². The van der Waals surface area contributed by atoms with Crippen LogP contribution in [0.3, 0.4) is 0 Å². The van der Waals surface area contributed by atoms with E-state index in [0.29, 0.717) is 0 Å². The van der Waals surface area contributed by atoms with Crippen molar-refractivity contribution in [2.75, 3.05) is 18.0 Å². The molecular formula is C19H20F3N3OS. The van der Waals surface area contributed by atoms with E-state index in [4.69, 9.17) is 0 Å². The van der Waals surface area contributed by atoms with Crippen LogP contribution in [0.25, 0.3) is 0 Å². The summed E-state index contributed by atoms with van der Waals surface area (Å²) in [6.45, 7) is 2.19. The minimum atomic E-state index is -4.50. The number of rotatable bonds is 5. The molecular weight excluding hydrogens is 375 g/mol. The van der Waals surface area contributed by atoms with Gasteiger partial charge in [0.15, 0.2) is 0 Å². The van der Waals surface area contributed by atoms with Crippen LogP contribution in [0.4, 0.5) is 18.9 Å². The lowest BCUT2D eigenvalue weighted by Crippen LogP contribution is -2.31. The Kier molecular flexibility index (Phi) is 6.26. The smallest absolute Gasteiger partial charge is 0.371 e. The molecule has 1 aromatic carbocycles. The molecule has 27 heavy (non-hydrogen) atoms. The van der Waals surface area contributed by atoms with E-state index in [1.54, 1.807) is 0 Å². The van der Waals surface area contributed by atoms with E-state index in [2.05, 4.69) is 15.2 Å². The Bertz CT molecular complexity index is 792. The summed E-state index contributed by atoms with van der Waals surface area (Å²) in [6, 6.07) is 10.6. The third-order valence-corrected chi connectivity index (χ3v) is 5.11. The van der Waals surface area contributed by atoms with E-state index in [9.17, 15) is 18.0 Å². The molecule has 1 fully saturated rings. The first kappa shape index (κ1) is 19.5. The maximum atomic E-state index is 12.7. The van der Waals surface area contributed by atoms with Crippen molar-refractivity contribution in [3.63, 3.8) is 0 Å². The number of carbonyl (C=O) groups is 1. The van der Waals surface area contributed by atoms with Gasteiger partial charge in [-0.15, -0.1) is 0 Å². The first-order valence-corrected chi connectivity index (χ1v) is 9.57. The number of hydrogen-bond acceptors (Lipinski definition) is 4. The third kappa shape index (κ3) is 5.38. The minimum Gasteiger partial charge on any atom is -0.371 e. The molecule has 1 amide bonds. The number of nitrogens with zero attached hydrogens (tertiary/aromatic N) is 2. The van der Waals surface area contributed by atoms with Crippen molar-refractivity contribution in [3.05, 3.63) is 53.7 Å². The van der Waals surface area contributed by atoms with Gasteiger partial charge < -0.3 is 10.2 Å². The maximum absolute atomic E-state index is 12.7. The van der Waals surface area contributed by atoms with E-state index in [1.807, 2.05) is 24.3 Å². The van der Waals surface area contributed by atoms with Gasteiger partial charge in [-0.1, -0.05) is 18.2 Å². The highest BCUT2D eigenvalue weighted by Crippen LogP contribution is 2.37. The summed E-state index contributed by atoms with van der Waals surface area (Å²) in [5, 5.41) is 2.39. The van der Waals surface area contributed by atoms with E-state index in [1.165, 1.54) is 24.8 Å². The first-order valence-electron chi connectivity index (χ1n) is 8.76. The second-order valence-electron chi connectivity index (χ2n) is 6.26. The van der Waals surface area contributed by atoms with Crippen LogP contribution in [0, 0.1) is 0 Å². The van der Waals surface area contributed by atoms with Gasteiger partial charge in [-0.25, -0.2) is 4.98 Å². The summed E-state index contributed by atoms with van der Waals surface area (Å²) in [5.74, 6) is -0.566. The predicted molar refractivity (Wildman–Crippen MR) is 99.8 cm³/mol. The van der Waals surface area contributed by atoms with Gasteiger partial charge in [0.1, 0.15) is 5.03 Å². The number of piperidine rings is 1. The molecule has 8 heteroatoms. The Morgan fingerprint density at radius 1 is 1.11 bits per heavy atom. The van der Waals surface area contributed by atoms with Crippen molar-refractivity contribution in [1.29, 1.82) is 0 Å². The lowest BCUT2D eigenvalue weighted by molar-refractivity contribution is -0.0329. The Balaban J connectivity index is 1.72. The Labute approximate surface area is 160 Å². The molecule has 2 aromatic rings. The van der Waals surface area contributed by atoms with Gasteiger partial charge in [-0.3, -0.25) is 4.79 Å². The SMILES string of the molecule is O=C(NCc1ccccc1N1CCCCC1)c1cccnc1SC(F)(F)F. The highest BCUT2D eigenvalue weighted by molar-refractivity contribution is 8.00. The molecule has 2 heterocycles. The number of para-hydroxylation sites is 1. The fourth-order valence-electron chi connectivity index (χ4n) is 3.13. The number of anilines is 1. The molecule has 0 saturated carbocycles. The molecule has 0 aliphatic carbocycles. The van der Waals surface area contributed by atoms with Crippen LogP contribution in [-0.2, 0) is 6.54 Å². The lowest BCUT2D eigenvalue weighted by atomic mass is 10.1. The molecule has 0 atom stereocenters. The van der Waals surface area contributed by atoms with Gasteiger partial charge in [0.25, 0.3) is 5.91 Å². The van der Waals surface area contributed by atoms with Crippen LogP contribution >= 0.6 is 11.8 Å². The number of aromatic nitrogens is 1. The van der Waals surface area contributed by atoms with Gasteiger partial charge in [-0.05, 0) is 43.0 Å². The van der Waals surface area contributed by atoms with E-state index >= 15 is 0 Å². The van der Waals surface area contributed by atoms with Gasteiger partial charge in [-0.2, -0.15) is 13.2 Å². The van der Waals surface area contributed by atoms with Crippen molar-refractivity contribution in [2.24, 2.45) is 0 Å². The maximum Gasteiger partial charge on any atom is 0.447 e. The standard InChI is InChI=1S/C19H20F3N3OS/c20-19(21,22)27-18-15(8-6-10-23-18)17(26)24-13-14-7-2-3-9-16(14)25-11-4-1-5-12-25/h2-3,6-10H,1,4-5,11-13H2,(H,24,26). The van der Waals surface area contributed by atoms with Crippen molar-refractivity contribution < 1.29 is 18.0 Å². The number of hydrogen-bond donors (Lipinski definition) is 1. The highest BCUT2D eigenvalue weighted by Gasteiger charge is 2.32. The number of thioether (sulfide) groups is 1. The molecule has 1 aliphatic rings. The largest absolute Gasteiger partial charge is 0.447 e. The van der Waals surface area contributed by atoms with Crippen LogP contribution in [0.15, 0.2) is 47.6 Å². The fraction of sp³-hybridized carbons (Fsp3) is 0.368. The molecule has 1 aliphatic heterocycles. The first-order chi connectivity index (χ1) is 12.9. The molecule has 0 spiro atoms. The zero-order valence-corrected chi connectivity index (χ0v) is 15.4. The average Bonchev–Trinajstić information content (AvgIpc) is 2.66. The summed E-state index contributed by atoms with van der Waals surface area (Å²) in [4.78, 5) is 18.5. The summed E-state index contributed by atoms with van der Waals surface area (Å²) >= 11 is -0.377. The molecule has 1 aromatic heterocycles. The van der Waals surface area contributed by atoms with Crippen molar-refractivity contribution in [1.82, 2.24) is 10.3 Å². The van der Waals surface area contributed by atoms with Crippen molar-refractivity contribution in [2.45, 2.75) is 36.3 Å². The van der Waals surface area contributed by atoms with Crippen molar-refractivity contribution >= 4 is 23.4 Å². The molecule has 0 radical (unpaired) electrons. The quantitative estimate of drug-likeness (QED) is 0.751. The second-order valence-corrected chi connectivity index (χ2v) is 7.32. The van der Waals surface area contributed by atoms with Gasteiger partial charge in [0, 0.05) is 43.3 Å². The predicted octanol–water partition coefficient (Wildman–Crippen LogP) is 4.61. The van der Waals surface area contributed by atoms with E-state index in [0.717, 1.165) is 37.2 Å². The molecule has 0 bridgehead atoms. The number of benzene rings is 1. The zero-order valence-electron chi connectivity index (χ0n) is 14.6. The summed E-state index contributed by atoms with van der Waals surface area (Å²) in [7, 11) is 0. The summed E-state index contributed by atoms with van der Waals surface area (Å²) in [6.07, 6.45) is 4.73. The fourth-order valence-corrected chi connectivity index (χ4v) is 3.73. The monoisotopic (exact) mass is 395 g/mol. The molecule has 3 rings (SSSR count). The minimum absolute atomic E-state index is 0.0738. The molecule has 144 valence electrons. The number of carbonyl (C=O) groups excluding carboxylic acids is 1. The van der Waals surface area contributed by atoms with Gasteiger partial charge in [0.05, 0.1) is 5.56 Å². The van der Waals surface area contributed by atoms with Crippen LogP contribution in [-0.4, -0.2) is 29.5 Å². The Hall–Kier alpha value is -2.22. The topological polar surface area (TPSA) is 45.2 Å². The number of amides is 1. The van der Waals surface area contributed by atoms with Crippen LogP contribution < -0.4 is 10.2 Å². The number of pyridine rings is 1. The second kappa shape index (κ2) is 8.65. The Morgan fingerprint density at radius 3 is 2.59 bits per heavy atom. The van der Waals surface area contributed by atoms with Gasteiger partial charge >= 0.3 is 5.51 Å².